The summed E-state index contributed by atoms with van der Waals surface area (Å²) in [4.78, 5) is 8.88. The number of benzene rings is 4. The molecule has 0 N–H and O–H groups in total. The topological polar surface area (TPSA) is 44.2 Å². The van der Waals surface area contributed by atoms with Gasteiger partial charge in [0.15, 0.2) is 0 Å². The van der Waals surface area contributed by atoms with Crippen LogP contribution in [-0.2, 0) is 20.1 Å². The van der Waals surface area contributed by atoms with Gasteiger partial charge in [-0.2, -0.15) is 0 Å². The van der Waals surface area contributed by atoms with E-state index in [0.29, 0.717) is 0 Å². The molecule has 0 spiro atoms. The maximum Gasteiger partial charge on any atom is 0.239 e. The molecule has 0 atom stereocenters. The van der Waals surface area contributed by atoms with Gasteiger partial charge in [0, 0.05) is 44.0 Å². The first kappa shape index (κ1) is 27.7. The second-order valence-corrected chi connectivity index (χ2v) is 10.2. The summed E-state index contributed by atoms with van der Waals surface area (Å²) in [6, 6.07) is 40.9. The molecule has 0 fully saturated rings. The molecule has 4 aromatic carbocycles. The smallest absolute Gasteiger partial charge is 0.239 e. The summed E-state index contributed by atoms with van der Waals surface area (Å²) >= 11 is 0. The molecule has 0 saturated carbocycles. The van der Waals surface area contributed by atoms with E-state index in [-0.39, 0.29) is 26.8 Å². The summed E-state index contributed by atoms with van der Waals surface area (Å²) < 4.78 is 12.6. The van der Waals surface area contributed by atoms with Crippen LogP contribution in [0.3, 0.4) is 0 Å². The number of para-hydroxylation sites is 2. The summed E-state index contributed by atoms with van der Waals surface area (Å²) in [6.45, 7) is 4.16. The van der Waals surface area contributed by atoms with Crippen molar-refractivity contribution in [2.75, 3.05) is 0 Å². The van der Waals surface area contributed by atoms with Gasteiger partial charge in [0.1, 0.15) is 11.5 Å². The number of ether oxygens (including phenoxy) is 2. The first-order valence-electron chi connectivity index (χ1n) is 13.6. The zero-order valence-corrected chi connectivity index (χ0v) is 25.5. The molecule has 8 rings (SSSR count). The van der Waals surface area contributed by atoms with E-state index >= 15 is 0 Å². The van der Waals surface area contributed by atoms with Crippen LogP contribution in [0.5, 0.6) is 23.0 Å². The minimum Gasteiger partial charge on any atom is -0.503 e. The number of hydrogen-bond donors (Lipinski definition) is 0. The second-order valence-electron chi connectivity index (χ2n) is 10.2. The van der Waals surface area contributed by atoms with E-state index in [1.54, 1.807) is 0 Å². The largest absolute Gasteiger partial charge is 0.503 e. The molecule has 4 nitrogen and oxygen atoms in total. The summed E-state index contributed by atoms with van der Waals surface area (Å²) in [7, 11) is 0. The molecule has 2 aliphatic heterocycles. The third kappa shape index (κ3) is 5.16. The molecule has 0 aliphatic carbocycles. The molecule has 6 heteroatoms. The van der Waals surface area contributed by atoms with Gasteiger partial charge in [-0.3, -0.25) is 0 Å². The Hall–Kier alpha value is -4.51. The van der Waals surface area contributed by atoms with E-state index in [4.69, 9.17) is 9.47 Å². The average Bonchev–Trinajstić information content (AvgIpc) is 3.02. The fourth-order valence-electron chi connectivity index (χ4n) is 5.37. The van der Waals surface area contributed by atoms with Gasteiger partial charge in [-0.05, 0) is 59.9 Å². The van der Waals surface area contributed by atoms with Gasteiger partial charge in [-0.1, -0.05) is 71.2 Å². The molecule has 0 amide bonds. The molecule has 2 aliphatic rings. The van der Waals surface area contributed by atoms with Gasteiger partial charge in [0.05, 0.1) is 0 Å². The van der Waals surface area contributed by atoms with Gasteiger partial charge in [-0.25, -0.2) is 0 Å². The molecular formula is C36H25BIrN2O2-2. The molecular weight excluding hydrogens is 695 g/mol. The number of hydrogen-bond acceptors (Lipinski definition) is 4. The van der Waals surface area contributed by atoms with Gasteiger partial charge < -0.3 is 19.4 Å². The number of aromatic nitrogens is 2. The van der Waals surface area contributed by atoms with Gasteiger partial charge >= 0.3 is 0 Å². The van der Waals surface area contributed by atoms with E-state index < -0.39 is 0 Å². The molecule has 0 bridgehead atoms. The Kier molecular flexibility index (Phi) is 7.75. The minimum absolute atomic E-state index is 0. The molecule has 6 aromatic rings. The number of aryl methyl sites for hydroxylation is 2. The maximum absolute atomic E-state index is 6.41. The maximum atomic E-state index is 6.41. The van der Waals surface area contributed by atoms with Crippen molar-refractivity contribution in [1.29, 1.82) is 0 Å². The van der Waals surface area contributed by atoms with Crippen LogP contribution in [0.4, 0.5) is 0 Å². The van der Waals surface area contributed by atoms with Crippen LogP contribution in [0.25, 0.3) is 22.5 Å². The number of nitrogens with zero attached hydrogens (tertiary/aromatic N) is 2. The molecule has 0 unspecified atom stereocenters. The minimum atomic E-state index is 0. The van der Waals surface area contributed by atoms with Crippen LogP contribution in [0.15, 0.2) is 116 Å². The third-order valence-corrected chi connectivity index (χ3v) is 7.33. The van der Waals surface area contributed by atoms with Gasteiger partial charge in [0.2, 0.25) is 6.71 Å². The fourth-order valence-corrected chi connectivity index (χ4v) is 5.37. The molecule has 42 heavy (non-hydrogen) atoms. The normalized spacial score (nSPS) is 11.7. The monoisotopic (exact) mass is 721 g/mol. The molecule has 0 saturated heterocycles. The molecule has 1 radical (unpaired) electrons. The third-order valence-electron chi connectivity index (χ3n) is 7.33. The Morgan fingerprint density at radius 3 is 2.10 bits per heavy atom. The first-order chi connectivity index (χ1) is 20.2. The Bertz CT molecular complexity index is 1870. The van der Waals surface area contributed by atoms with Crippen molar-refractivity contribution < 1.29 is 29.6 Å². The molecule has 4 heterocycles. The van der Waals surface area contributed by atoms with Crippen molar-refractivity contribution in [1.82, 2.24) is 9.97 Å². The number of fused-ring (bicyclic) bond motifs is 4. The Balaban J connectivity index is 0.000000191. The Morgan fingerprint density at radius 2 is 1.40 bits per heavy atom. The Labute approximate surface area is 259 Å². The summed E-state index contributed by atoms with van der Waals surface area (Å²) in [5, 5.41) is 0. The van der Waals surface area contributed by atoms with Crippen LogP contribution in [0.2, 0.25) is 0 Å². The standard InChI is InChI=1S/C24H15BNO2.C12H10N.Ir/c1-15-12-13-26-19(14-15)16-10-11-22-23-24(16)28-21-9-5-3-7-18(21)25(23)17-6-2-4-8-20(17)27-22;1-10-7-8-12(13-9-10)11-5-3-2-4-6-11;/h2-9,11-14H,1H3;2-5,7-9H,1H3;/q2*-1;. The second kappa shape index (κ2) is 11.8. The summed E-state index contributed by atoms with van der Waals surface area (Å²) in [5.74, 6) is 3.34. The zero-order chi connectivity index (χ0) is 27.8. The number of rotatable bonds is 2. The summed E-state index contributed by atoms with van der Waals surface area (Å²) in [5.41, 5.74) is 9.43. The fraction of sp³-hybridized carbons (Fsp3) is 0.0556. The van der Waals surface area contributed by atoms with Gasteiger partial charge in [-0.15, -0.1) is 48.0 Å². The zero-order valence-electron chi connectivity index (χ0n) is 23.1. The van der Waals surface area contributed by atoms with Crippen molar-refractivity contribution in [2.45, 2.75) is 13.8 Å². The van der Waals surface area contributed by atoms with Crippen molar-refractivity contribution in [2.24, 2.45) is 0 Å². The van der Waals surface area contributed by atoms with E-state index in [9.17, 15) is 0 Å². The van der Waals surface area contributed by atoms with E-state index in [1.165, 1.54) is 5.56 Å². The van der Waals surface area contributed by atoms with Crippen molar-refractivity contribution in [3.8, 4) is 45.5 Å². The quantitative estimate of drug-likeness (QED) is 0.153. The predicted molar refractivity (Wildman–Crippen MR) is 164 cm³/mol. The van der Waals surface area contributed by atoms with Crippen molar-refractivity contribution >= 4 is 23.1 Å². The van der Waals surface area contributed by atoms with Crippen LogP contribution in [0.1, 0.15) is 11.1 Å². The number of pyridine rings is 2. The van der Waals surface area contributed by atoms with Gasteiger partial charge in [0.25, 0.3) is 0 Å². The van der Waals surface area contributed by atoms with Crippen LogP contribution in [0, 0.1) is 26.0 Å². The van der Waals surface area contributed by atoms with E-state index in [1.807, 2.05) is 86.0 Å². The van der Waals surface area contributed by atoms with Crippen molar-refractivity contribution in [3.63, 3.8) is 0 Å². The van der Waals surface area contributed by atoms with Crippen LogP contribution >= 0.6 is 0 Å². The SMILES string of the molecule is Cc1ccc(-c2[c-]cccc2)nc1.Cc1ccnc(-c2[c-]cc3c4c2Oc2ccccc2B4c2ccccc2O3)c1.[Ir]. The first-order valence-corrected chi connectivity index (χ1v) is 13.6. The Morgan fingerprint density at radius 1 is 0.667 bits per heavy atom. The summed E-state index contributed by atoms with van der Waals surface area (Å²) in [6.07, 6.45) is 3.70. The van der Waals surface area contributed by atoms with E-state index in [2.05, 4.69) is 65.4 Å². The molecule has 2 aromatic heterocycles. The van der Waals surface area contributed by atoms with Crippen molar-refractivity contribution in [3.05, 3.63) is 139 Å². The predicted octanol–water partition coefficient (Wildman–Crippen LogP) is 6.44. The average molecular weight is 721 g/mol. The van der Waals surface area contributed by atoms with E-state index in [0.717, 1.165) is 67.5 Å². The molecule has 205 valence electrons. The van der Waals surface area contributed by atoms with Crippen LogP contribution < -0.4 is 25.9 Å². The van der Waals surface area contributed by atoms with Crippen LogP contribution in [-0.4, -0.2) is 16.7 Å².